The van der Waals surface area contributed by atoms with E-state index in [1.165, 1.54) is 0 Å². The molecule has 1 amide bonds. The summed E-state index contributed by atoms with van der Waals surface area (Å²) in [6.45, 7) is 8.12. The number of halogens is 1. The summed E-state index contributed by atoms with van der Waals surface area (Å²) in [6, 6.07) is 5.80. The lowest BCUT2D eigenvalue weighted by Crippen LogP contribution is -2.37. The van der Waals surface area contributed by atoms with Crippen LogP contribution in [-0.2, 0) is 4.74 Å². The minimum absolute atomic E-state index is 0.0737. The molecule has 0 fully saturated rings. The second-order valence-electron chi connectivity index (χ2n) is 5.10. The fourth-order valence-corrected chi connectivity index (χ4v) is 2.27. The minimum atomic E-state index is 0.0737. The zero-order valence-electron chi connectivity index (χ0n) is 12.1. The summed E-state index contributed by atoms with van der Waals surface area (Å²) in [5.41, 5.74) is 1.76. The summed E-state index contributed by atoms with van der Waals surface area (Å²) in [6.07, 6.45) is 0. The largest absolute Gasteiger partial charge is 0.383 e. The zero-order chi connectivity index (χ0) is 14.4. The topological polar surface area (TPSA) is 29.5 Å². The summed E-state index contributed by atoms with van der Waals surface area (Å²) in [5, 5.41) is 0. The fourth-order valence-electron chi connectivity index (χ4n) is 1.91. The van der Waals surface area contributed by atoms with Gasteiger partial charge in [-0.1, -0.05) is 35.8 Å². The summed E-state index contributed by atoms with van der Waals surface area (Å²) in [7, 11) is 1.66. The molecule has 0 bridgehead atoms. The maximum absolute atomic E-state index is 12.6. The van der Waals surface area contributed by atoms with E-state index in [1.807, 2.05) is 30.0 Å². The molecule has 0 spiro atoms. The van der Waals surface area contributed by atoms with Gasteiger partial charge < -0.3 is 9.64 Å². The van der Waals surface area contributed by atoms with Crippen molar-refractivity contribution in [1.82, 2.24) is 4.90 Å². The molecular weight excluding hydrogens is 306 g/mol. The van der Waals surface area contributed by atoms with Crippen LogP contribution in [0.25, 0.3) is 0 Å². The average molecular weight is 328 g/mol. The summed E-state index contributed by atoms with van der Waals surface area (Å²) in [4.78, 5) is 14.5. The third-order valence-corrected chi connectivity index (χ3v) is 3.36. The van der Waals surface area contributed by atoms with Crippen LogP contribution in [0.4, 0.5) is 0 Å². The van der Waals surface area contributed by atoms with Crippen molar-refractivity contribution in [3.63, 3.8) is 0 Å². The Kier molecular flexibility index (Phi) is 6.52. The molecule has 0 saturated heterocycles. The molecule has 106 valence electrons. The fraction of sp³-hybridized carbons (Fsp3) is 0.533. The number of benzene rings is 1. The second kappa shape index (κ2) is 7.65. The van der Waals surface area contributed by atoms with E-state index in [9.17, 15) is 4.79 Å². The van der Waals surface area contributed by atoms with Crippen LogP contribution < -0.4 is 0 Å². The third kappa shape index (κ3) is 4.96. The quantitative estimate of drug-likeness (QED) is 0.800. The van der Waals surface area contributed by atoms with E-state index in [4.69, 9.17) is 4.74 Å². The molecule has 0 radical (unpaired) electrons. The summed E-state index contributed by atoms with van der Waals surface area (Å²) < 4.78 is 6.02. The lowest BCUT2D eigenvalue weighted by molar-refractivity contribution is 0.0671. The molecule has 1 aromatic carbocycles. The van der Waals surface area contributed by atoms with Crippen LogP contribution >= 0.6 is 15.9 Å². The van der Waals surface area contributed by atoms with E-state index in [0.717, 1.165) is 22.1 Å². The highest BCUT2D eigenvalue weighted by Gasteiger charge is 2.18. The number of hydrogen-bond donors (Lipinski definition) is 0. The number of nitrogens with zero attached hydrogens (tertiary/aromatic N) is 1. The van der Waals surface area contributed by atoms with E-state index in [-0.39, 0.29) is 5.91 Å². The number of aryl methyl sites for hydroxylation is 1. The van der Waals surface area contributed by atoms with Gasteiger partial charge in [-0.3, -0.25) is 4.79 Å². The molecule has 0 heterocycles. The van der Waals surface area contributed by atoms with Gasteiger partial charge in [0.25, 0.3) is 5.91 Å². The van der Waals surface area contributed by atoms with Crippen LogP contribution in [0.5, 0.6) is 0 Å². The molecule has 0 atom stereocenters. The normalized spacial score (nSPS) is 10.8. The second-order valence-corrected chi connectivity index (χ2v) is 6.01. The Hall–Kier alpha value is -0.870. The van der Waals surface area contributed by atoms with Gasteiger partial charge in [0.05, 0.1) is 6.61 Å². The Labute approximate surface area is 124 Å². The van der Waals surface area contributed by atoms with Gasteiger partial charge in [0, 0.05) is 30.2 Å². The predicted octanol–water partition coefficient (Wildman–Crippen LogP) is 3.50. The lowest BCUT2D eigenvalue weighted by Gasteiger charge is -2.25. The van der Waals surface area contributed by atoms with Crippen molar-refractivity contribution in [3.8, 4) is 0 Å². The van der Waals surface area contributed by atoms with Gasteiger partial charge >= 0.3 is 0 Å². The van der Waals surface area contributed by atoms with E-state index >= 15 is 0 Å². The Bertz CT molecular complexity index is 432. The Morgan fingerprint density at radius 2 is 2.11 bits per heavy atom. The maximum Gasteiger partial charge on any atom is 0.254 e. The number of amides is 1. The average Bonchev–Trinajstić information content (AvgIpc) is 2.36. The van der Waals surface area contributed by atoms with Gasteiger partial charge in [-0.15, -0.1) is 0 Å². The molecule has 1 aromatic rings. The molecule has 3 nitrogen and oxygen atoms in total. The Balaban J connectivity index is 2.93. The smallest absolute Gasteiger partial charge is 0.254 e. The molecule has 4 heteroatoms. The first-order valence-electron chi connectivity index (χ1n) is 6.50. The highest BCUT2D eigenvalue weighted by Crippen LogP contribution is 2.18. The van der Waals surface area contributed by atoms with Crippen LogP contribution in [-0.4, -0.2) is 37.6 Å². The molecule has 0 unspecified atom stereocenters. The summed E-state index contributed by atoms with van der Waals surface area (Å²) >= 11 is 3.42. The van der Waals surface area contributed by atoms with Gasteiger partial charge in [0.2, 0.25) is 0 Å². The number of rotatable bonds is 6. The van der Waals surface area contributed by atoms with Crippen molar-refractivity contribution in [2.45, 2.75) is 20.8 Å². The highest BCUT2D eigenvalue weighted by atomic mass is 79.9. The van der Waals surface area contributed by atoms with Crippen LogP contribution in [0.3, 0.4) is 0 Å². The lowest BCUT2D eigenvalue weighted by atomic mass is 10.1. The van der Waals surface area contributed by atoms with Crippen LogP contribution in [0.2, 0.25) is 0 Å². The van der Waals surface area contributed by atoms with Gasteiger partial charge in [-0.25, -0.2) is 0 Å². The van der Waals surface area contributed by atoms with E-state index in [1.54, 1.807) is 7.11 Å². The Morgan fingerprint density at radius 1 is 1.42 bits per heavy atom. The van der Waals surface area contributed by atoms with Crippen LogP contribution in [0, 0.1) is 12.8 Å². The van der Waals surface area contributed by atoms with Crippen molar-refractivity contribution in [2.75, 3.05) is 26.8 Å². The number of carbonyl (C=O) groups excluding carboxylic acids is 1. The van der Waals surface area contributed by atoms with Gasteiger partial charge in [-0.05, 0) is 30.5 Å². The van der Waals surface area contributed by atoms with Crippen molar-refractivity contribution in [2.24, 2.45) is 5.92 Å². The molecule has 1 rings (SSSR count). The van der Waals surface area contributed by atoms with Gasteiger partial charge in [0.15, 0.2) is 0 Å². The first-order valence-corrected chi connectivity index (χ1v) is 7.29. The van der Waals surface area contributed by atoms with Crippen molar-refractivity contribution in [3.05, 3.63) is 33.8 Å². The van der Waals surface area contributed by atoms with Gasteiger partial charge in [-0.2, -0.15) is 0 Å². The first-order chi connectivity index (χ1) is 8.95. The standard InChI is InChI=1S/C15H22BrNO2/c1-11(2)10-17(7-8-19-4)15(18)14-9-13(16)6-5-12(14)3/h5-6,9,11H,7-8,10H2,1-4H3. The van der Waals surface area contributed by atoms with Crippen molar-refractivity contribution >= 4 is 21.8 Å². The first kappa shape index (κ1) is 16.2. The highest BCUT2D eigenvalue weighted by molar-refractivity contribution is 9.10. The molecule has 0 aromatic heterocycles. The summed E-state index contributed by atoms with van der Waals surface area (Å²) in [5.74, 6) is 0.512. The van der Waals surface area contributed by atoms with E-state index < -0.39 is 0 Å². The van der Waals surface area contributed by atoms with Crippen molar-refractivity contribution < 1.29 is 9.53 Å². The number of carbonyl (C=O) groups is 1. The van der Waals surface area contributed by atoms with E-state index in [0.29, 0.717) is 19.1 Å². The number of hydrogen-bond acceptors (Lipinski definition) is 2. The molecule has 0 aliphatic heterocycles. The van der Waals surface area contributed by atoms with Crippen LogP contribution in [0.15, 0.2) is 22.7 Å². The molecule has 0 saturated carbocycles. The molecule has 0 N–H and O–H groups in total. The maximum atomic E-state index is 12.6. The molecule has 19 heavy (non-hydrogen) atoms. The third-order valence-electron chi connectivity index (χ3n) is 2.87. The Morgan fingerprint density at radius 3 is 2.68 bits per heavy atom. The van der Waals surface area contributed by atoms with Gasteiger partial charge in [0.1, 0.15) is 0 Å². The number of methoxy groups -OCH3 is 1. The molecule has 0 aliphatic rings. The van der Waals surface area contributed by atoms with E-state index in [2.05, 4.69) is 29.8 Å². The predicted molar refractivity (Wildman–Crippen MR) is 81.5 cm³/mol. The minimum Gasteiger partial charge on any atom is -0.383 e. The molecule has 0 aliphatic carbocycles. The van der Waals surface area contributed by atoms with Crippen LogP contribution in [0.1, 0.15) is 29.8 Å². The molecular formula is C15H22BrNO2. The number of ether oxygens (including phenoxy) is 1. The monoisotopic (exact) mass is 327 g/mol. The zero-order valence-corrected chi connectivity index (χ0v) is 13.7. The van der Waals surface area contributed by atoms with Crippen molar-refractivity contribution in [1.29, 1.82) is 0 Å². The SMILES string of the molecule is COCCN(CC(C)C)C(=O)c1cc(Br)ccc1C.